The van der Waals surface area contributed by atoms with Gasteiger partial charge in [-0.25, -0.2) is 4.98 Å². The SMILES string of the molecule is CCc1ncc(-c2ccc(NC=NC(C)C)cc2)[nH]1. The van der Waals surface area contributed by atoms with Crippen LogP contribution in [0.5, 0.6) is 0 Å². The van der Waals surface area contributed by atoms with Crippen molar-refractivity contribution in [1.29, 1.82) is 0 Å². The second-order valence-electron chi connectivity index (χ2n) is 4.69. The number of hydrogen-bond donors (Lipinski definition) is 2. The summed E-state index contributed by atoms with van der Waals surface area (Å²) in [7, 11) is 0. The van der Waals surface area contributed by atoms with Crippen LogP contribution < -0.4 is 5.32 Å². The minimum Gasteiger partial charge on any atom is -0.347 e. The maximum atomic E-state index is 4.31. The number of aromatic nitrogens is 2. The van der Waals surface area contributed by atoms with Crippen LogP contribution in [0.3, 0.4) is 0 Å². The fourth-order valence-electron chi connectivity index (χ4n) is 1.70. The van der Waals surface area contributed by atoms with E-state index in [4.69, 9.17) is 0 Å². The molecular weight excluding hydrogens is 236 g/mol. The first kappa shape index (κ1) is 13.3. The van der Waals surface area contributed by atoms with Crippen molar-refractivity contribution < 1.29 is 0 Å². The number of aromatic amines is 1. The van der Waals surface area contributed by atoms with E-state index in [0.29, 0.717) is 6.04 Å². The molecule has 0 atom stereocenters. The van der Waals surface area contributed by atoms with E-state index in [-0.39, 0.29) is 0 Å². The van der Waals surface area contributed by atoms with E-state index in [1.807, 2.05) is 32.2 Å². The largest absolute Gasteiger partial charge is 0.347 e. The van der Waals surface area contributed by atoms with E-state index in [9.17, 15) is 0 Å². The van der Waals surface area contributed by atoms with Crippen LogP contribution in [0.4, 0.5) is 5.69 Å². The van der Waals surface area contributed by atoms with Crippen LogP contribution in [0, 0.1) is 0 Å². The molecule has 0 saturated heterocycles. The molecule has 2 rings (SSSR count). The molecule has 0 aliphatic rings. The fraction of sp³-hybridized carbons (Fsp3) is 0.333. The Labute approximate surface area is 114 Å². The number of aryl methyl sites for hydroxylation is 1. The summed E-state index contributed by atoms with van der Waals surface area (Å²) in [4.78, 5) is 11.9. The molecule has 100 valence electrons. The minimum absolute atomic E-state index is 0.309. The number of rotatable bonds is 5. The van der Waals surface area contributed by atoms with Gasteiger partial charge in [-0.05, 0) is 31.5 Å². The molecule has 2 N–H and O–H groups in total. The summed E-state index contributed by atoms with van der Waals surface area (Å²) in [6, 6.07) is 8.52. The normalized spacial score (nSPS) is 11.4. The molecule has 2 aromatic rings. The van der Waals surface area contributed by atoms with Crippen molar-refractivity contribution in [2.24, 2.45) is 4.99 Å². The molecule has 0 fully saturated rings. The Kier molecular flexibility index (Phi) is 4.34. The number of aliphatic imine (C=N–C) groups is 1. The Morgan fingerprint density at radius 3 is 2.63 bits per heavy atom. The molecule has 1 aromatic heterocycles. The van der Waals surface area contributed by atoms with Gasteiger partial charge in [-0.1, -0.05) is 19.1 Å². The van der Waals surface area contributed by atoms with Crippen molar-refractivity contribution in [3.8, 4) is 11.3 Å². The average molecular weight is 256 g/mol. The molecular formula is C15H20N4. The molecule has 0 unspecified atom stereocenters. The molecule has 4 heteroatoms. The van der Waals surface area contributed by atoms with Gasteiger partial charge in [-0.2, -0.15) is 0 Å². The number of benzene rings is 1. The van der Waals surface area contributed by atoms with E-state index < -0.39 is 0 Å². The molecule has 0 aliphatic heterocycles. The van der Waals surface area contributed by atoms with Gasteiger partial charge in [0.15, 0.2) is 0 Å². The third-order valence-corrected chi connectivity index (χ3v) is 2.76. The van der Waals surface area contributed by atoms with E-state index in [1.165, 1.54) is 0 Å². The molecule has 1 aromatic carbocycles. The summed E-state index contributed by atoms with van der Waals surface area (Å²) >= 11 is 0. The van der Waals surface area contributed by atoms with Crippen molar-refractivity contribution in [3.63, 3.8) is 0 Å². The lowest BCUT2D eigenvalue weighted by molar-refractivity contribution is 0.840. The minimum atomic E-state index is 0.309. The zero-order valence-electron chi connectivity index (χ0n) is 11.6. The predicted molar refractivity (Wildman–Crippen MR) is 80.7 cm³/mol. The smallest absolute Gasteiger partial charge is 0.106 e. The van der Waals surface area contributed by atoms with Gasteiger partial charge >= 0.3 is 0 Å². The zero-order chi connectivity index (χ0) is 13.7. The molecule has 0 radical (unpaired) electrons. The van der Waals surface area contributed by atoms with Gasteiger partial charge in [0.25, 0.3) is 0 Å². The second kappa shape index (κ2) is 6.18. The van der Waals surface area contributed by atoms with Gasteiger partial charge in [-0.3, -0.25) is 4.99 Å². The van der Waals surface area contributed by atoms with E-state index in [0.717, 1.165) is 29.2 Å². The Morgan fingerprint density at radius 2 is 2.05 bits per heavy atom. The Bertz CT molecular complexity index is 538. The van der Waals surface area contributed by atoms with Gasteiger partial charge in [0.1, 0.15) is 5.82 Å². The second-order valence-corrected chi connectivity index (χ2v) is 4.69. The van der Waals surface area contributed by atoms with E-state index in [2.05, 4.69) is 39.3 Å². The number of H-pyrrole nitrogens is 1. The standard InChI is InChI=1S/C15H20N4/c1-4-15-16-9-14(19-15)12-5-7-13(8-6-12)18-10-17-11(2)3/h5-11H,4H2,1-3H3,(H,16,19)(H,17,18). The Hall–Kier alpha value is -2.10. The highest BCUT2D eigenvalue weighted by molar-refractivity contribution is 5.76. The fourth-order valence-corrected chi connectivity index (χ4v) is 1.70. The van der Waals surface area contributed by atoms with Gasteiger partial charge in [0.2, 0.25) is 0 Å². The zero-order valence-corrected chi connectivity index (χ0v) is 11.6. The number of anilines is 1. The van der Waals surface area contributed by atoms with Gasteiger partial charge in [0, 0.05) is 18.2 Å². The van der Waals surface area contributed by atoms with Crippen LogP contribution in [0.25, 0.3) is 11.3 Å². The lowest BCUT2D eigenvalue weighted by atomic mass is 10.1. The monoisotopic (exact) mass is 256 g/mol. The van der Waals surface area contributed by atoms with Crippen molar-refractivity contribution in [2.45, 2.75) is 33.2 Å². The highest BCUT2D eigenvalue weighted by Gasteiger charge is 2.01. The van der Waals surface area contributed by atoms with Crippen LogP contribution in [0.1, 0.15) is 26.6 Å². The lowest BCUT2D eigenvalue weighted by Gasteiger charge is -2.03. The first-order valence-electron chi connectivity index (χ1n) is 6.61. The molecule has 0 saturated carbocycles. The molecule has 1 heterocycles. The molecule has 4 nitrogen and oxygen atoms in total. The van der Waals surface area contributed by atoms with E-state index >= 15 is 0 Å². The maximum Gasteiger partial charge on any atom is 0.106 e. The molecule has 19 heavy (non-hydrogen) atoms. The summed E-state index contributed by atoms with van der Waals surface area (Å²) in [5.74, 6) is 1.02. The van der Waals surface area contributed by atoms with Crippen LogP contribution in [-0.2, 0) is 6.42 Å². The molecule has 0 bridgehead atoms. The summed E-state index contributed by atoms with van der Waals surface area (Å²) in [6.45, 7) is 6.18. The highest BCUT2D eigenvalue weighted by atomic mass is 14.9. The summed E-state index contributed by atoms with van der Waals surface area (Å²) in [5, 5.41) is 3.15. The van der Waals surface area contributed by atoms with Crippen molar-refractivity contribution in [2.75, 3.05) is 5.32 Å². The topological polar surface area (TPSA) is 53.1 Å². The first-order valence-corrected chi connectivity index (χ1v) is 6.61. The molecule has 0 spiro atoms. The first-order chi connectivity index (χ1) is 9.19. The summed E-state index contributed by atoms with van der Waals surface area (Å²) in [6.07, 6.45) is 4.54. The van der Waals surface area contributed by atoms with Gasteiger partial charge in [0.05, 0.1) is 18.2 Å². The highest BCUT2D eigenvalue weighted by Crippen LogP contribution is 2.19. The van der Waals surface area contributed by atoms with Crippen LogP contribution in [0.2, 0.25) is 0 Å². The number of hydrogen-bond acceptors (Lipinski definition) is 2. The number of imidazole rings is 1. The molecule has 0 amide bonds. The Morgan fingerprint density at radius 1 is 1.32 bits per heavy atom. The number of nitrogens with one attached hydrogen (secondary N) is 2. The van der Waals surface area contributed by atoms with Crippen molar-refractivity contribution in [1.82, 2.24) is 9.97 Å². The van der Waals surface area contributed by atoms with Crippen LogP contribution >= 0.6 is 0 Å². The summed E-state index contributed by atoms with van der Waals surface area (Å²) < 4.78 is 0. The van der Waals surface area contributed by atoms with Crippen LogP contribution in [0.15, 0.2) is 35.5 Å². The summed E-state index contributed by atoms with van der Waals surface area (Å²) in [5.41, 5.74) is 3.22. The van der Waals surface area contributed by atoms with Crippen molar-refractivity contribution in [3.05, 3.63) is 36.3 Å². The number of nitrogens with zero attached hydrogens (tertiary/aromatic N) is 2. The maximum absolute atomic E-state index is 4.31. The average Bonchev–Trinajstić information content (AvgIpc) is 2.88. The Balaban J connectivity index is 2.05. The van der Waals surface area contributed by atoms with Gasteiger partial charge in [-0.15, -0.1) is 0 Å². The van der Waals surface area contributed by atoms with Gasteiger partial charge < -0.3 is 10.3 Å². The third-order valence-electron chi connectivity index (χ3n) is 2.76. The quantitative estimate of drug-likeness (QED) is 0.635. The van der Waals surface area contributed by atoms with E-state index in [1.54, 1.807) is 6.34 Å². The predicted octanol–water partition coefficient (Wildman–Crippen LogP) is 3.49. The lowest BCUT2D eigenvalue weighted by Crippen LogP contribution is -1.98. The molecule has 0 aliphatic carbocycles. The van der Waals surface area contributed by atoms with Crippen LogP contribution in [-0.4, -0.2) is 22.3 Å². The van der Waals surface area contributed by atoms with Crippen molar-refractivity contribution >= 4 is 12.0 Å². The third kappa shape index (κ3) is 3.68.